The van der Waals surface area contributed by atoms with Crippen LogP contribution in [-0.2, 0) is 9.59 Å². The Morgan fingerprint density at radius 1 is 1.37 bits per heavy atom. The third-order valence-corrected chi connectivity index (χ3v) is 4.75. The molecule has 144 valence electrons. The molecule has 0 saturated carbocycles. The molecular formula is C18H25N6O3+. The largest absolute Gasteiger partial charge is 0.417 e. The molecule has 1 unspecified atom stereocenters. The first kappa shape index (κ1) is 18.9. The minimum Gasteiger partial charge on any atom is -0.295 e. The molecule has 0 bridgehead atoms. The number of fused-ring (bicyclic) bond motifs is 2. The summed E-state index contributed by atoms with van der Waals surface area (Å²) >= 11 is 0. The molecule has 1 saturated heterocycles. The van der Waals surface area contributed by atoms with Crippen LogP contribution in [-0.4, -0.2) is 87.3 Å². The van der Waals surface area contributed by atoms with Gasteiger partial charge in [-0.2, -0.15) is 0 Å². The van der Waals surface area contributed by atoms with Crippen molar-refractivity contribution < 1.29 is 19.0 Å². The van der Waals surface area contributed by atoms with Crippen LogP contribution in [0.15, 0.2) is 22.7 Å². The van der Waals surface area contributed by atoms with Crippen molar-refractivity contribution in [1.82, 2.24) is 14.8 Å². The fourth-order valence-electron chi connectivity index (χ4n) is 3.18. The normalized spacial score (nSPS) is 22.6. The maximum absolute atomic E-state index is 13.0. The number of nitrogens with zero attached hydrogens (tertiary/aromatic N) is 6. The average Bonchev–Trinajstić information content (AvgIpc) is 2.95. The Labute approximate surface area is 158 Å². The molecule has 0 radical (unpaired) electrons. The van der Waals surface area contributed by atoms with E-state index in [1.165, 1.54) is 16.0 Å². The number of hydrogen-bond donors (Lipinski definition) is 0. The summed E-state index contributed by atoms with van der Waals surface area (Å²) < 4.78 is 1.80. The summed E-state index contributed by atoms with van der Waals surface area (Å²) in [5.74, 6) is 0.445. The van der Waals surface area contributed by atoms with Gasteiger partial charge in [-0.05, 0) is 6.92 Å². The van der Waals surface area contributed by atoms with Gasteiger partial charge in [0.1, 0.15) is 6.54 Å². The first-order valence-corrected chi connectivity index (χ1v) is 8.83. The van der Waals surface area contributed by atoms with Gasteiger partial charge in [0.25, 0.3) is 5.91 Å². The molecule has 1 atom stereocenters. The number of carbonyl (C=O) groups is 3. The Morgan fingerprint density at radius 3 is 2.63 bits per heavy atom. The van der Waals surface area contributed by atoms with Crippen LogP contribution in [0.25, 0.3) is 0 Å². The molecule has 27 heavy (non-hydrogen) atoms. The van der Waals surface area contributed by atoms with Gasteiger partial charge in [-0.25, -0.2) is 9.37 Å². The fraction of sp³-hybridized carbons (Fsp3) is 0.556. The van der Waals surface area contributed by atoms with Crippen LogP contribution in [0.3, 0.4) is 0 Å². The monoisotopic (exact) mass is 373 g/mol. The lowest BCUT2D eigenvalue weighted by Crippen LogP contribution is -2.63. The second-order valence-electron chi connectivity index (χ2n) is 7.95. The van der Waals surface area contributed by atoms with Crippen LogP contribution in [0.4, 0.5) is 4.79 Å². The quantitative estimate of drug-likeness (QED) is 0.531. The van der Waals surface area contributed by atoms with E-state index in [9.17, 15) is 14.4 Å². The fourth-order valence-corrected chi connectivity index (χ4v) is 3.18. The van der Waals surface area contributed by atoms with Gasteiger partial charge in [-0.3, -0.25) is 19.4 Å². The number of likely N-dealkylation sites (N-methyl/N-ethyl adjacent to an activating group) is 1. The van der Waals surface area contributed by atoms with Crippen molar-refractivity contribution in [2.75, 3.05) is 26.7 Å². The minimum absolute atomic E-state index is 0.00696. The number of carbonyl (C=O) groups excluding carboxylic acids is 3. The maximum Gasteiger partial charge on any atom is 0.417 e. The van der Waals surface area contributed by atoms with Gasteiger partial charge in [-0.1, -0.05) is 31.8 Å². The van der Waals surface area contributed by atoms with Gasteiger partial charge in [0.15, 0.2) is 12.3 Å². The molecule has 0 aliphatic carbocycles. The van der Waals surface area contributed by atoms with Gasteiger partial charge < -0.3 is 0 Å². The van der Waals surface area contributed by atoms with Crippen molar-refractivity contribution in [2.24, 2.45) is 15.5 Å². The van der Waals surface area contributed by atoms with E-state index < -0.39 is 17.5 Å². The van der Waals surface area contributed by atoms with Crippen molar-refractivity contribution in [3.05, 3.63) is 12.7 Å². The van der Waals surface area contributed by atoms with Crippen molar-refractivity contribution in [3.63, 3.8) is 0 Å². The number of ketones is 1. The highest BCUT2D eigenvalue weighted by Gasteiger charge is 2.54. The van der Waals surface area contributed by atoms with Crippen LogP contribution < -0.4 is 0 Å². The number of guanidine groups is 1. The van der Waals surface area contributed by atoms with E-state index in [1.54, 1.807) is 11.6 Å². The number of rotatable bonds is 4. The second-order valence-corrected chi connectivity index (χ2v) is 7.95. The number of hydrogen-bond acceptors (Lipinski definition) is 6. The molecule has 9 heteroatoms. The summed E-state index contributed by atoms with van der Waals surface area (Å²) in [7, 11) is 1.59. The smallest absolute Gasteiger partial charge is 0.295 e. The Kier molecular flexibility index (Phi) is 4.49. The molecule has 0 aromatic heterocycles. The van der Waals surface area contributed by atoms with Gasteiger partial charge in [0, 0.05) is 19.0 Å². The van der Waals surface area contributed by atoms with Gasteiger partial charge >= 0.3 is 12.0 Å². The van der Waals surface area contributed by atoms with E-state index in [0.717, 1.165) is 10.6 Å². The summed E-state index contributed by atoms with van der Waals surface area (Å²) in [6.07, 6.45) is 1.52. The van der Waals surface area contributed by atoms with Crippen molar-refractivity contribution in [3.8, 4) is 0 Å². The van der Waals surface area contributed by atoms with E-state index in [-0.39, 0.29) is 24.8 Å². The number of Topliss-reactive ketones (excluding diaryl/α,β-unsaturated/α-hetero) is 1. The predicted octanol–water partition coefficient (Wildman–Crippen LogP) is 0.522. The van der Waals surface area contributed by atoms with Crippen LogP contribution in [0.5, 0.6) is 0 Å². The van der Waals surface area contributed by atoms with Crippen LogP contribution in [0.2, 0.25) is 0 Å². The zero-order chi connectivity index (χ0) is 20.1. The molecular weight excluding hydrogens is 348 g/mol. The summed E-state index contributed by atoms with van der Waals surface area (Å²) in [5.41, 5.74) is 0.244. The Balaban J connectivity index is 1.99. The summed E-state index contributed by atoms with van der Waals surface area (Å²) in [5, 5.41) is 5.99. The molecule has 0 N–H and O–H groups in total. The lowest BCUT2D eigenvalue weighted by molar-refractivity contribution is -0.527. The third-order valence-electron chi connectivity index (χ3n) is 4.75. The lowest BCUT2D eigenvalue weighted by Gasteiger charge is -2.33. The first-order chi connectivity index (χ1) is 12.6. The molecule has 3 aliphatic heterocycles. The number of aliphatic imine (C=N–C) groups is 1. The number of amidine groups is 1. The van der Waals surface area contributed by atoms with E-state index >= 15 is 0 Å². The highest BCUT2D eigenvalue weighted by Crippen LogP contribution is 2.24. The maximum atomic E-state index is 13.0. The number of urea groups is 1. The predicted molar refractivity (Wildman–Crippen MR) is 101 cm³/mol. The van der Waals surface area contributed by atoms with Crippen LogP contribution >= 0.6 is 0 Å². The minimum atomic E-state index is -0.708. The Morgan fingerprint density at radius 2 is 2.04 bits per heavy atom. The molecule has 3 heterocycles. The highest BCUT2D eigenvalue weighted by atomic mass is 16.2. The zero-order valence-corrected chi connectivity index (χ0v) is 16.4. The second kappa shape index (κ2) is 6.40. The van der Waals surface area contributed by atoms with Gasteiger partial charge in [0.05, 0.1) is 5.71 Å². The molecule has 3 rings (SSSR count). The summed E-state index contributed by atoms with van der Waals surface area (Å²) in [6.45, 7) is 11.6. The molecule has 1 fully saturated rings. The number of hydrazone groups is 1. The Bertz CT molecular complexity index is 833. The molecule has 9 nitrogen and oxygen atoms in total. The topological polar surface area (TPSA) is 88.7 Å². The zero-order valence-electron chi connectivity index (χ0n) is 16.4. The van der Waals surface area contributed by atoms with Crippen LogP contribution in [0, 0.1) is 5.41 Å². The Hall–Kier alpha value is -2.84. The van der Waals surface area contributed by atoms with Gasteiger partial charge in [0.2, 0.25) is 11.9 Å². The van der Waals surface area contributed by atoms with Crippen LogP contribution in [0.1, 0.15) is 27.7 Å². The van der Waals surface area contributed by atoms with Crippen molar-refractivity contribution in [2.45, 2.75) is 33.7 Å². The third kappa shape index (κ3) is 3.07. The molecule has 3 aliphatic rings. The molecule has 0 aromatic carbocycles. The highest BCUT2D eigenvalue weighted by molar-refractivity contribution is 6.23. The van der Waals surface area contributed by atoms with Crippen molar-refractivity contribution >= 4 is 35.2 Å². The SMILES string of the molecule is C=CCN1C(=O)C2C(=NC3=[N+]2CC(C)=NN3CC(=O)C(C)(C)C)N(C)C1=O. The van der Waals surface area contributed by atoms with E-state index in [1.807, 2.05) is 27.7 Å². The number of imide groups is 1. The lowest BCUT2D eigenvalue weighted by atomic mass is 9.91. The first-order valence-electron chi connectivity index (χ1n) is 8.83. The molecule has 3 amide bonds. The van der Waals surface area contributed by atoms with E-state index in [4.69, 9.17) is 0 Å². The number of amides is 3. The average molecular weight is 373 g/mol. The summed E-state index contributed by atoms with van der Waals surface area (Å²) in [4.78, 5) is 45.0. The molecule has 0 aromatic rings. The van der Waals surface area contributed by atoms with E-state index in [0.29, 0.717) is 18.3 Å². The van der Waals surface area contributed by atoms with E-state index in [2.05, 4.69) is 16.7 Å². The van der Waals surface area contributed by atoms with Gasteiger partial charge in [-0.15, -0.1) is 16.7 Å². The standard InChI is InChI=1S/C18H25N6O3/c1-7-8-22-15(26)13-14(21(6)17(22)27)19-16-23(13)9-11(2)20-24(16)10-12(25)18(3,4)5/h7,13H,1,8-10H2,2-6H3/q+1. The molecule has 0 spiro atoms. The summed E-state index contributed by atoms with van der Waals surface area (Å²) in [6, 6.07) is -1.15. The van der Waals surface area contributed by atoms with Crippen molar-refractivity contribution in [1.29, 1.82) is 0 Å².